The third kappa shape index (κ3) is 1.66. The lowest BCUT2D eigenvalue weighted by atomic mass is 9.93. The van der Waals surface area contributed by atoms with E-state index < -0.39 is 0 Å². The number of ketones is 1. The first-order valence-corrected chi connectivity index (χ1v) is 4.70. The molecule has 0 aromatic carbocycles. The van der Waals surface area contributed by atoms with Crippen LogP contribution in [0.3, 0.4) is 0 Å². The van der Waals surface area contributed by atoms with Crippen molar-refractivity contribution < 1.29 is 4.79 Å². The molecule has 1 aliphatic carbocycles. The summed E-state index contributed by atoms with van der Waals surface area (Å²) in [5.74, 6) is 0.197. The number of allylic oxidation sites excluding steroid dienone is 2. The van der Waals surface area contributed by atoms with Gasteiger partial charge in [-0.3, -0.25) is 9.78 Å². The van der Waals surface area contributed by atoms with Gasteiger partial charge in [0.15, 0.2) is 5.78 Å². The van der Waals surface area contributed by atoms with Crippen molar-refractivity contribution in [2.75, 3.05) is 5.73 Å². The smallest absolute Gasteiger partial charge is 0.155 e. The SMILES string of the molecule is Nc1cnccc1C1=CC(=O)CCC1. The van der Waals surface area contributed by atoms with E-state index in [0.717, 1.165) is 24.0 Å². The Balaban J connectivity index is 2.40. The Morgan fingerprint density at radius 3 is 2.93 bits per heavy atom. The van der Waals surface area contributed by atoms with Gasteiger partial charge in [-0.15, -0.1) is 0 Å². The van der Waals surface area contributed by atoms with Gasteiger partial charge in [0.1, 0.15) is 0 Å². The van der Waals surface area contributed by atoms with Crippen LogP contribution in [-0.4, -0.2) is 10.8 Å². The van der Waals surface area contributed by atoms with Crippen molar-refractivity contribution in [2.24, 2.45) is 0 Å². The molecule has 14 heavy (non-hydrogen) atoms. The molecule has 0 unspecified atom stereocenters. The highest BCUT2D eigenvalue weighted by molar-refractivity contribution is 5.99. The van der Waals surface area contributed by atoms with Gasteiger partial charge in [0.25, 0.3) is 0 Å². The summed E-state index contributed by atoms with van der Waals surface area (Å²) in [6.45, 7) is 0. The minimum Gasteiger partial charge on any atom is -0.397 e. The van der Waals surface area contributed by atoms with Crippen molar-refractivity contribution in [3.05, 3.63) is 30.1 Å². The van der Waals surface area contributed by atoms with Gasteiger partial charge in [0.2, 0.25) is 0 Å². The number of hydrogen-bond donors (Lipinski definition) is 1. The van der Waals surface area contributed by atoms with Crippen molar-refractivity contribution in [1.29, 1.82) is 0 Å². The van der Waals surface area contributed by atoms with E-state index in [4.69, 9.17) is 5.73 Å². The van der Waals surface area contributed by atoms with Crippen LogP contribution in [-0.2, 0) is 4.79 Å². The highest BCUT2D eigenvalue weighted by Gasteiger charge is 2.12. The minimum atomic E-state index is 0.197. The van der Waals surface area contributed by atoms with Crippen LogP contribution < -0.4 is 5.73 Å². The van der Waals surface area contributed by atoms with Gasteiger partial charge in [-0.1, -0.05) is 0 Å². The largest absolute Gasteiger partial charge is 0.397 e. The molecule has 0 bridgehead atoms. The van der Waals surface area contributed by atoms with E-state index >= 15 is 0 Å². The average Bonchev–Trinajstić information content (AvgIpc) is 2.18. The third-order valence-corrected chi connectivity index (χ3v) is 2.40. The van der Waals surface area contributed by atoms with E-state index in [1.54, 1.807) is 18.5 Å². The number of carbonyl (C=O) groups is 1. The first kappa shape index (κ1) is 8.94. The molecule has 3 nitrogen and oxygen atoms in total. The van der Waals surface area contributed by atoms with Gasteiger partial charge in [0, 0.05) is 18.2 Å². The van der Waals surface area contributed by atoms with Crippen LogP contribution in [0.25, 0.3) is 5.57 Å². The average molecular weight is 188 g/mol. The molecular weight excluding hydrogens is 176 g/mol. The Morgan fingerprint density at radius 2 is 2.21 bits per heavy atom. The maximum atomic E-state index is 11.2. The van der Waals surface area contributed by atoms with E-state index in [1.165, 1.54) is 0 Å². The highest BCUT2D eigenvalue weighted by atomic mass is 16.1. The number of nitrogens with two attached hydrogens (primary N) is 1. The number of nitrogens with zero attached hydrogens (tertiary/aromatic N) is 1. The minimum absolute atomic E-state index is 0.197. The molecule has 0 fully saturated rings. The Labute approximate surface area is 82.6 Å². The summed E-state index contributed by atoms with van der Waals surface area (Å²) < 4.78 is 0. The predicted octanol–water partition coefficient (Wildman–Crippen LogP) is 1.80. The van der Waals surface area contributed by atoms with Crippen LogP contribution in [0.15, 0.2) is 24.5 Å². The summed E-state index contributed by atoms with van der Waals surface area (Å²) in [5, 5.41) is 0. The zero-order valence-corrected chi connectivity index (χ0v) is 7.86. The van der Waals surface area contributed by atoms with Crippen LogP contribution in [0.5, 0.6) is 0 Å². The zero-order chi connectivity index (χ0) is 9.97. The topological polar surface area (TPSA) is 56.0 Å². The van der Waals surface area contributed by atoms with Crippen LogP contribution in [0.4, 0.5) is 5.69 Å². The van der Waals surface area contributed by atoms with E-state index in [2.05, 4.69) is 4.98 Å². The Morgan fingerprint density at radius 1 is 1.36 bits per heavy atom. The van der Waals surface area contributed by atoms with Gasteiger partial charge in [-0.25, -0.2) is 0 Å². The molecule has 0 radical (unpaired) electrons. The predicted molar refractivity (Wildman–Crippen MR) is 55.5 cm³/mol. The van der Waals surface area contributed by atoms with E-state index in [0.29, 0.717) is 12.1 Å². The van der Waals surface area contributed by atoms with E-state index in [1.807, 2.05) is 6.07 Å². The van der Waals surface area contributed by atoms with Crippen LogP contribution in [0, 0.1) is 0 Å². The van der Waals surface area contributed by atoms with Gasteiger partial charge in [-0.2, -0.15) is 0 Å². The number of nitrogen functional groups attached to an aromatic ring is 1. The molecule has 1 heterocycles. The molecule has 0 saturated carbocycles. The summed E-state index contributed by atoms with van der Waals surface area (Å²) in [6.07, 6.45) is 7.54. The first-order valence-electron chi connectivity index (χ1n) is 4.70. The fraction of sp³-hybridized carbons (Fsp3) is 0.273. The molecule has 1 aromatic rings. The molecule has 3 heteroatoms. The van der Waals surface area contributed by atoms with Crippen LogP contribution in [0.1, 0.15) is 24.8 Å². The Bertz CT molecular complexity index is 396. The van der Waals surface area contributed by atoms with Gasteiger partial charge in [-0.05, 0) is 30.6 Å². The molecule has 2 N–H and O–H groups in total. The highest BCUT2D eigenvalue weighted by Crippen LogP contribution is 2.28. The Hall–Kier alpha value is -1.64. The lowest BCUT2D eigenvalue weighted by molar-refractivity contribution is -0.114. The second-order valence-corrected chi connectivity index (χ2v) is 3.45. The fourth-order valence-corrected chi connectivity index (χ4v) is 1.70. The molecule has 72 valence electrons. The van der Waals surface area contributed by atoms with Gasteiger partial charge >= 0.3 is 0 Å². The zero-order valence-electron chi connectivity index (χ0n) is 7.86. The maximum absolute atomic E-state index is 11.2. The standard InChI is InChI=1S/C11H12N2O/c12-11-7-13-5-4-10(11)8-2-1-3-9(14)6-8/h4-7H,1-3,12H2. The van der Waals surface area contributed by atoms with E-state index in [-0.39, 0.29) is 5.78 Å². The second-order valence-electron chi connectivity index (χ2n) is 3.45. The number of aromatic nitrogens is 1. The summed E-state index contributed by atoms with van der Waals surface area (Å²) >= 11 is 0. The fourth-order valence-electron chi connectivity index (χ4n) is 1.70. The lowest BCUT2D eigenvalue weighted by Gasteiger charge is -2.13. The molecule has 0 aliphatic heterocycles. The number of pyridine rings is 1. The van der Waals surface area contributed by atoms with Crippen LogP contribution in [0.2, 0.25) is 0 Å². The number of carbonyl (C=O) groups excluding carboxylic acids is 1. The molecule has 1 aromatic heterocycles. The summed E-state index contributed by atoms with van der Waals surface area (Å²) in [6, 6.07) is 1.86. The number of anilines is 1. The molecule has 1 aliphatic rings. The molecule has 0 spiro atoms. The molecule has 2 rings (SSSR count). The van der Waals surface area contributed by atoms with Gasteiger partial charge < -0.3 is 5.73 Å². The number of rotatable bonds is 1. The van der Waals surface area contributed by atoms with Crippen molar-refractivity contribution in [1.82, 2.24) is 4.98 Å². The molecule has 0 amide bonds. The number of hydrogen-bond acceptors (Lipinski definition) is 3. The van der Waals surface area contributed by atoms with Crippen LogP contribution >= 0.6 is 0 Å². The summed E-state index contributed by atoms with van der Waals surface area (Å²) in [5.41, 5.74) is 8.42. The van der Waals surface area contributed by atoms with E-state index in [9.17, 15) is 4.79 Å². The monoisotopic (exact) mass is 188 g/mol. The van der Waals surface area contributed by atoms with Gasteiger partial charge in [0.05, 0.1) is 11.9 Å². The summed E-state index contributed by atoms with van der Waals surface area (Å²) in [4.78, 5) is 15.1. The quantitative estimate of drug-likeness (QED) is 0.731. The molecular formula is C11H12N2O. The Kier molecular flexibility index (Phi) is 2.31. The normalized spacial score (nSPS) is 16.6. The first-order chi connectivity index (χ1) is 6.77. The summed E-state index contributed by atoms with van der Waals surface area (Å²) in [7, 11) is 0. The lowest BCUT2D eigenvalue weighted by Crippen LogP contribution is -2.04. The maximum Gasteiger partial charge on any atom is 0.155 e. The van der Waals surface area contributed by atoms with Crippen molar-refractivity contribution in [3.8, 4) is 0 Å². The van der Waals surface area contributed by atoms with Crippen molar-refractivity contribution in [2.45, 2.75) is 19.3 Å². The van der Waals surface area contributed by atoms with Crippen molar-refractivity contribution in [3.63, 3.8) is 0 Å². The van der Waals surface area contributed by atoms with Crippen molar-refractivity contribution >= 4 is 17.0 Å². The molecule has 0 atom stereocenters. The molecule has 0 saturated heterocycles. The second kappa shape index (κ2) is 3.62. The third-order valence-electron chi connectivity index (χ3n) is 2.40.